The van der Waals surface area contributed by atoms with E-state index in [4.69, 9.17) is 9.47 Å². The van der Waals surface area contributed by atoms with E-state index in [-0.39, 0.29) is 11.9 Å². The minimum atomic E-state index is -0.371. The fourth-order valence-electron chi connectivity index (χ4n) is 3.99. The van der Waals surface area contributed by atoms with Crippen molar-refractivity contribution in [1.82, 2.24) is 0 Å². The Kier molecular flexibility index (Phi) is 7.29. The number of amides is 1. The molecule has 0 aliphatic heterocycles. The molecule has 0 spiro atoms. The van der Waals surface area contributed by atoms with Gasteiger partial charge in [0.15, 0.2) is 0 Å². The van der Waals surface area contributed by atoms with Crippen molar-refractivity contribution in [3.8, 4) is 5.75 Å². The molecule has 0 unspecified atom stereocenters. The molecule has 172 valence electrons. The maximum Gasteiger partial charge on any atom is 0.338 e. The van der Waals surface area contributed by atoms with Crippen molar-refractivity contribution in [2.75, 3.05) is 23.8 Å². The molecule has 0 radical (unpaired) electrons. The Bertz CT molecular complexity index is 1140. The molecule has 1 amide bonds. The third-order valence-electron chi connectivity index (χ3n) is 5.51. The highest BCUT2D eigenvalue weighted by molar-refractivity contribution is 7.16. The zero-order valence-electron chi connectivity index (χ0n) is 18.9. The number of carbonyl (C=O) groups is 2. The molecule has 0 fully saturated rings. The first-order valence-electron chi connectivity index (χ1n) is 11.3. The van der Waals surface area contributed by atoms with Crippen LogP contribution < -0.4 is 15.4 Å². The normalized spacial score (nSPS) is 12.2. The average Bonchev–Trinajstić information content (AvgIpc) is 3.40. The van der Waals surface area contributed by atoms with Gasteiger partial charge in [-0.2, -0.15) is 0 Å². The predicted octanol–water partition coefficient (Wildman–Crippen LogP) is 5.68. The van der Waals surface area contributed by atoms with Crippen LogP contribution in [0.3, 0.4) is 0 Å². The largest absolute Gasteiger partial charge is 0.494 e. The Labute approximate surface area is 197 Å². The number of para-hydroxylation sites is 1. The van der Waals surface area contributed by atoms with Crippen LogP contribution in [0.1, 0.15) is 57.0 Å². The van der Waals surface area contributed by atoms with E-state index < -0.39 is 0 Å². The van der Waals surface area contributed by atoms with Crippen LogP contribution in [0.2, 0.25) is 0 Å². The summed E-state index contributed by atoms with van der Waals surface area (Å²) < 4.78 is 10.8. The van der Waals surface area contributed by atoms with Crippen LogP contribution in [-0.4, -0.2) is 25.1 Å². The predicted molar refractivity (Wildman–Crippen MR) is 132 cm³/mol. The maximum atomic E-state index is 13.3. The minimum absolute atomic E-state index is 0.140. The van der Waals surface area contributed by atoms with E-state index in [2.05, 4.69) is 10.6 Å². The van der Waals surface area contributed by atoms with Crippen LogP contribution in [0.25, 0.3) is 0 Å². The van der Waals surface area contributed by atoms with Crippen molar-refractivity contribution in [3.05, 3.63) is 75.7 Å². The van der Waals surface area contributed by atoms with Crippen molar-refractivity contribution in [1.29, 1.82) is 0 Å². The van der Waals surface area contributed by atoms with Gasteiger partial charge >= 0.3 is 5.97 Å². The summed E-state index contributed by atoms with van der Waals surface area (Å²) in [6, 6.07) is 14.7. The quantitative estimate of drug-likeness (QED) is 0.399. The fraction of sp³-hybridized carbons (Fsp3) is 0.308. The zero-order valence-corrected chi connectivity index (χ0v) is 19.7. The number of fused-ring (bicyclic) bond motifs is 1. The van der Waals surface area contributed by atoms with E-state index in [0.29, 0.717) is 31.0 Å². The van der Waals surface area contributed by atoms with Gasteiger partial charge < -0.3 is 20.1 Å². The third-order valence-corrected chi connectivity index (χ3v) is 6.76. The highest BCUT2D eigenvalue weighted by atomic mass is 32.1. The summed E-state index contributed by atoms with van der Waals surface area (Å²) in [5.74, 6) is 0.341. The molecule has 4 rings (SSSR count). The Morgan fingerprint density at radius 2 is 1.79 bits per heavy atom. The first-order valence-corrected chi connectivity index (χ1v) is 12.1. The van der Waals surface area contributed by atoms with Crippen LogP contribution in [0.5, 0.6) is 5.75 Å². The molecule has 2 N–H and O–H groups in total. The fourth-order valence-corrected chi connectivity index (χ4v) is 5.27. The van der Waals surface area contributed by atoms with Crippen molar-refractivity contribution >= 4 is 33.9 Å². The topological polar surface area (TPSA) is 76.7 Å². The van der Waals surface area contributed by atoms with Crippen molar-refractivity contribution in [3.63, 3.8) is 0 Å². The van der Waals surface area contributed by atoms with Crippen molar-refractivity contribution in [2.45, 2.75) is 39.7 Å². The highest BCUT2D eigenvalue weighted by Gasteiger charge is 2.27. The van der Waals surface area contributed by atoms with Gasteiger partial charge in [-0.05, 0) is 69.0 Å². The molecule has 0 saturated carbocycles. The zero-order chi connectivity index (χ0) is 23.2. The molecule has 1 aliphatic rings. The summed E-state index contributed by atoms with van der Waals surface area (Å²) in [6.45, 7) is 5.24. The van der Waals surface area contributed by atoms with Gasteiger partial charge in [-0.15, -0.1) is 11.3 Å². The van der Waals surface area contributed by atoms with E-state index in [1.165, 1.54) is 4.88 Å². The number of anilines is 2. The van der Waals surface area contributed by atoms with E-state index >= 15 is 0 Å². The summed E-state index contributed by atoms with van der Waals surface area (Å²) in [7, 11) is 0. The average molecular weight is 465 g/mol. The van der Waals surface area contributed by atoms with E-state index in [1.807, 2.05) is 31.2 Å². The number of nitrogens with one attached hydrogen (secondary N) is 2. The molecular formula is C26H28N2O4S. The van der Waals surface area contributed by atoms with E-state index in [1.54, 1.807) is 42.5 Å². The SMILES string of the molecule is CCOC(=O)c1ccc(NC(=O)c2c(NCc3ccccc3OCC)sc3c2CCC3)cc1. The molecule has 1 aromatic heterocycles. The lowest BCUT2D eigenvalue weighted by atomic mass is 10.1. The number of thiophene rings is 1. The second-order valence-electron chi connectivity index (χ2n) is 7.71. The molecule has 33 heavy (non-hydrogen) atoms. The first-order chi connectivity index (χ1) is 16.1. The molecule has 1 heterocycles. The smallest absolute Gasteiger partial charge is 0.338 e. The number of rotatable bonds is 9. The van der Waals surface area contributed by atoms with Gasteiger partial charge in [0.1, 0.15) is 10.8 Å². The summed E-state index contributed by atoms with van der Waals surface area (Å²) in [4.78, 5) is 26.4. The summed E-state index contributed by atoms with van der Waals surface area (Å²) in [6.07, 6.45) is 2.99. The third kappa shape index (κ3) is 5.20. The monoisotopic (exact) mass is 464 g/mol. The Hall–Kier alpha value is -3.32. The number of carbonyl (C=O) groups excluding carboxylic acids is 2. The molecule has 2 aromatic carbocycles. The van der Waals surface area contributed by atoms with Crippen LogP contribution >= 0.6 is 11.3 Å². The number of aryl methyl sites for hydroxylation is 1. The lowest BCUT2D eigenvalue weighted by Gasteiger charge is -2.13. The van der Waals surface area contributed by atoms with Crippen LogP contribution in [0, 0.1) is 0 Å². The number of hydrogen-bond donors (Lipinski definition) is 2. The van der Waals surface area contributed by atoms with Gasteiger partial charge in [0.2, 0.25) is 0 Å². The van der Waals surface area contributed by atoms with Crippen LogP contribution in [-0.2, 0) is 24.1 Å². The first kappa shape index (κ1) is 22.9. The molecule has 3 aromatic rings. The maximum absolute atomic E-state index is 13.3. The summed E-state index contributed by atoms with van der Waals surface area (Å²) >= 11 is 1.66. The molecular weight excluding hydrogens is 436 g/mol. The number of ether oxygens (including phenoxy) is 2. The highest BCUT2D eigenvalue weighted by Crippen LogP contribution is 2.40. The second-order valence-corrected chi connectivity index (χ2v) is 8.81. The van der Waals surface area contributed by atoms with Gasteiger partial charge in [-0.3, -0.25) is 4.79 Å². The summed E-state index contributed by atoms with van der Waals surface area (Å²) in [5, 5.41) is 7.35. The van der Waals surface area contributed by atoms with Gasteiger partial charge in [-0.1, -0.05) is 18.2 Å². The molecule has 7 heteroatoms. The van der Waals surface area contributed by atoms with Gasteiger partial charge in [0.05, 0.1) is 24.3 Å². The molecule has 0 bridgehead atoms. The Morgan fingerprint density at radius 3 is 2.55 bits per heavy atom. The Morgan fingerprint density at radius 1 is 1.00 bits per heavy atom. The lowest BCUT2D eigenvalue weighted by Crippen LogP contribution is -2.15. The van der Waals surface area contributed by atoms with E-state index in [0.717, 1.165) is 46.7 Å². The number of benzene rings is 2. The molecule has 0 atom stereocenters. The van der Waals surface area contributed by atoms with Gasteiger partial charge in [0.25, 0.3) is 5.91 Å². The Balaban J connectivity index is 1.52. The summed E-state index contributed by atoms with van der Waals surface area (Å²) in [5.41, 5.74) is 4.01. The minimum Gasteiger partial charge on any atom is -0.494 e. The van der Waals surface area contributed by atoms with Crippen LogP contribution in [0.15, 0.2) is 48.5 Å². The number of esters is 1. The molecule has 1 aliphatic carbocycles. The van der Waals surface area contributed by atoms with Crippen molar-refractivity contribution in [2.24, 2.45) is 0 Å². The second kappa shape index (κ2) is 10.5. The van der Waals surface area contributed by atoms with Crippen LogP contribution in [0.4, 0.5) is 10.7 Å². The van der Waals surface area contributed by atoms with Gasteiger partial charge in [-0.25, -0.2) is 4.79 Å². The van der Waals surface area contributed by atoms with Gasteiger partial charge in [0, 0.05) is 22.7 Å². The molecule has 6 nitrogen and oxygen atoms in total. The lowest BCUT2D eigenvalue weighted by molar-refractivity contribution is 0.0526. The van der Waals surface area contributed by atoms with E-state index in [9.17, 15) is 9.59 Å². The standard InChI is InChI=1S/C26H28N2O4S/c1-3-31-21-10-6-5-8-18(21)16-27-25-23(20-9-7-11-22(20)33-25)24(29)28-19-14-12-17(13-15-19)26(30)32-4-2/h5-6,8,10,12-15,27H,3-4,7,9,11,16H2,1-2H3,(H,28,29). The molecule has 0 saturated heterocycles. The van der Waals surface area contributed by atoms with Crippen molar-refractivity contribution < 1.29 is 19.1 Å². The number of hydrogen-bond acceptors (Lipinski definition) is 6.